The molecule has 0 saturated heterocycles. The molecule has 0 bridgehead atoms. The molecule has 1 N–H and O–H groups in total. The molecule has 0 aliphatic rings. The average Bonchev–Trinajstić information content (AvgIpc) is 2.29. The number of anilines is 1. The van der Waals surface area contributed by atoms with Crippen LogP contribution in [0.15, 0.2) is 36.9 Å². The molecule has 4 nitrogen and oxygen atoms in total. The summed E-state index contributed by atoms with van der Waals surface area (Å²) < 4.78 is 0. The predicted molar refractivity (Wildman–Crippen MR) is 58.6 cm³/mol. The number of pyridine rings is 1. The number of hydrogen-bond acceptors (Lipinski definition) is 4. The molecule has 0 saturated carbocycles. The first-order chi connectivity index (χ1) is 7.36. The maximum atomic E-state index is 5.88. The van der Waals surface area contributed by atoms with Crippen molar-refractivity contribution in [2.45, 2.75) is 6.54 Å². The van der Waals surface area contributed by atoms with E-state index in [0.717, 1.165) is 5.69 Å². The minimum absolute atomic E-state index is 0.508. The average molecular weight is 221 g/mol. The highest BCUT2D eigenvalue weighted by Gasteiger charge is 2.00. The van der Waals surface area contributed by atoms with Crippen molar-refractivity contribution in [3.63, 3.8) is 0 Å². The molecule has 76 valence electrons. The molecule has 2 aromatic heterocycles. The maximum Gasteiger partial charge on any atom is 0.148 e. The lowest BCUT2D eigenvalue weighted by Gasteiger charge is -2.05. The summed E-state index contributed by atoms with van der Waals surface area (Å²) in [5.74, 6) is 0.623. The van der Waals surface area contributed by atoms with Gasteiger partial charge >= 0.3 is 0 Å². The fourth-order valence-corrected chi connectivity index (χ4v) is 1.29. The Balaban J connectivity index is 2.03. The number of nitrogens with one attached hydrogen (secondary N) is 1. The fraction of sp³-hybridized carbons (Fsp3) is 0.100. The third-order valence-electron chi connectivity index (χ3n) is 1.83. The van der Waals surface area contributed by atoms with Crippen LogP contribution in [0, 0.1) is 0 Å². The zero-order valence-corrected chi connectivity index (χ0v) is 8.65. The first-order valence-corrected chi connectivity index (χ1v) is 4.83. The van der Waals surface area contributed by atoms with E-state index in [0.29, 0.717) is 17.4 Å². The van der Waals surface area contributed by atoms with Crippen molar-refractivity contribution in [2.75, 3.05) is 5.32 Å². The van der Waals surface area contributed by atoms with Gasteiger partial charge < -0.3 is 5.32 Å². The Bertz CT molecular complexity index is 432. The third-order valence-corrected chi connectivity index (χ3v) is 2.11. The van der Waals surface area contributed by atoms with Gasteiger partial charge in [0.1, 0.15) is 17.2 Å². The van der Waals surface area contributed by atoms with Crippen molar-refractivity contribution in [3.8, 4) is 0 Å². The molecule has 0 aliphatic carbocycles. The third kappa shape index (κ3) is 2.63. The van der Waals surface area contributed by atoms with Gasteiger partial charge in [0, 0.05) is 6.20 Å². The van der Waals surface area contributed by atoms with Crippen LogP contribution >= 0.6 is 11.6 Å². The molecule has 5 heteroatoms. The largest absolute Gasteiger partial charge is 0.363 e. The molecule has 2 heterocycles. The predicted octanol–water partition coefficient (Wildman–Crippen LogP) is 2.14. The summed E-state index contributed by atoms with van der Waals surface area (Å²) in [7, 11) is 0. The monoisotopic (exact) mass is 220 g/mol. The molecule has 0 aromatic carbocycles. The lowest BCUT2D eigenvalue weighted by atomic mass is 10.3. The summed E-state index contributed by atoms with van der Waals surface area (Å²) in [5.41, 5.74) is 0.937. The normalized spacial score (nSPS) is 9.93. The van der Waals surface area contributed by atoms with Crippen LogP contribution in [0.1, 0.15) is 5.69 Å². The van der Waals surface area contributed by atoms with Crippen LogP contribution in [0.2, 0.25) is 5.02 Å². The summed E-state index contributed by atoms with van der Waals surface area (Å²) >= 11 is 5.88. The van der Waals surface area contributed by atoms with E-state index in [-0.39, 0.29) is 0 Å². The second kappa shape index (κ2) is 4.70. The van der Waals surface area contributed by atoms with Crippen LogP contribution in [-0.2, 0) is 6.54 Å². The molecule has 2 aromatic rings. The van der Waals surface area contributed by atoms with Crippen molar-refractivity contribution in [1.82, 2.24) is 15.0 Å². The molecule has 0 radical (unpaired) electrons. The summed E-state index contributed by atoms with van der Waals surface area (Å²) in [6, 6.07) is 5.74. The number of hydrogen-bond donors (Lipinski definition) is 1. The van der Waals surface area contributed by atoms with Crippen LogP contribution in [0.3, 0.4) is 0 Å². The van der Waals surface area contributed by atoms with E-state index in [1.165, 1.54) is 6.33 Å². The zero-order valence-electron chi connectivity index (χ0n) is 7.89. The first kappa shape index (κ1) is 9.86. The van der Waals surface area contributed by atoms with E-state index in [1.54, 1.807) is 12.4 Å². The second-order valence-corrected chi connectivity index (χ2v) is 3.30. The highest BCUT2D eigenvalue weighted by molar-refractivity contribution is 6.32. The lowest BCUT2D eigenvalue weighted by molar-refractivity contribution is 1.02. The van der Waals surface area contributed by atoms with E-state index in [9.17, 15) is 0 Å². The van der Waals surface area contributed by atoms with E-state index in [2.05, 4.69) is 20.3 Å². The Morgan fingerprint density at radius 2 is 2.20 bits per heavy atom. The summed E-state index contributed by atoms with van der Waals surface area (Å²) in [5, 5.41) is 3.59. The van der Waals surface area contributed by atoms with Gasteiger partial charge in [-0.15, -0.1) is 0 Å². The van der Waals surface area contributed by atoms with Gasteiger partial charge in [-0.05, 0) is 12.1 Å². The number of aromatic nitrogens is 3. The van der Waals surface area contributed by atoms with Crippen molar-refractivity contribution in [2.24, 2.45) is 0 Å². The van der Waals surface area contributed by atoms with E-state index in [1.807, 2.05) is 18.2 Å². The van der Waals surface area contributed by atoms with Gasteiger partial charge in [-0.25, -0.2) is 9.97 Å². The van der Waals surface area contributed by atoms with Crippen molar-refractivity contribution < 1.29 is 0 Å². The van der Waals surface area contributed by atoms with Crippen LogP contribution < -0.4 is 5.32 Å². The molecule has 2 rings (SSSR count). The molecular weight excluding hydrogens is 212 g/mol. The van der Waals surface area contributed by atoms with Gasteiger partial charge in [0.15, 0.2) is 0 Å². The molecule has 0 spiro atoms. The van der Waals surface area contributed by atoms with E-state index in [4.69, 9.17) is 11.6 Å². The van der Waals surface area contributed by atoms with Gasteiger partial charge in [0.2, 0.25) is 0 Å². The van der Waals surface area contributed by atoms with Crippen molar-refractivity contribution in [3.05, 3.63) is 47.6 Å². The molecule has 0 unspecified atom stereocenters. The van der Waals surface area contributed by atoms with E-state index < -0.39 is 0 Å². The molecule has 15 heavy (non-hydrogen) atoms. The Morgan fingerprint density at radius 1 is 1.27 bits per heavy atom. The number of halogens is 1. The van der Waals surface area contributed by atoms with Gasteiger partial charge in [0.25, 0.3) is 0 Å². The molecule has 0 fully saturated rings. The van der Waals surface area contributed by atoms with Gasteiger partial charge in [-0.3, -0.25) is 4.98 Å². The fourth-order valence-electron chi connectivity index (χ4n) is 1.12. The SMILES string of the molecule is Clc1cncnc1NCc1ccccn1. The first-order valence-electron chi connectivity index (χ1n) is 4.45. The number of rotatable bonds is 3. The quantitative estimate of drug-likeness (QED) is 0.861. The minimum atomic E-state index is 0.508. The summed E-state index contributed by atoms with van der Waals surface area (Å²) in [4.78, 5) is 12.0. The van der Waals surface area contributed by atoms with Gasteiger partial charge in [-0.2, -0.15) is 0 Å². The molecule has 0 aliphatic heterocycles. The standard InChI is InChI=1S/C10H9ClN4/c11-9-6-12-7-15-10(9)14-5-8-3-1-2-4-13-8/h1-4,6-7H,5H2,(H,12,14,15). The van der Waals surface area contributed by atoms with E-state index >= 15 is 0 Å². The lowest BCUT2D eigenvalue weighted by Crippen LogP contribution is -2.03. The van der Waals surface area contributed by atoms with Crippen LogP contribution in [0.5, 0.6) is 0 Å². The Labute approximate surface area is 92.4 Å². The summed E-state index contributed by atoms with van der Waals surface area (Å²) in [6.45, 7) is 0.595. The Morgan fingerprint density at radius 3 is 2.93 bits per heavy atom. The van der Waals surface area contributed by atoms with Crippen LogP contribution in [-0.4, -0.2) is 15.0 Å². The zero-order chi connectivity index (χ0) is 10.5. The number of nitrogens with zero attached hydrogens (tertiary/aromatic N) is 3. The topological polar surface area (TPSA) is 50.7 Å². The smallest absolute Gasteiger partial charge is 0.148 e. The van der Waals surface area contributed by atoms with Gasteiger partial charge in [-0.1, -0.05) is 17.7 Å². The minimum Gasteiger partial charge on any atom is -0.363 e. The van der Waals surface area contributed by atoms with Gasteiger partial charge in [0.05, 0.1) is 18.4 Å². The Kier molecular flexibility index (Phi) is 3.09. The summed E-state index contributed by atoms with van der Waals surface area (Å²) in [6.07, 6.45) is 4.75. The molecular formula is C10H9ClN4. The highest BCUT2D eigenvalue weighted by atomic mass is 35.5. The van der Waals surface area contributed by atoms with Crippen molar-refractivity contribution in [1.29, 1.82) is 0 Å². The Hall–Kier alpha value is -1.68. The van der Waals surface area contributed by atoms with Crippen LogP contribution in [0.25, 0.3) is 0 Å². The van der Waals surface area contributed by atoms with Crippen LogP contribution in [0.4, 0.5) is 5.82 Å². The maximum absolute atomic E-state index is 5.88. The second-order valence-electron chi connectivity index (χ2n) is 2.89. The molecule has 0 amide bonds. The highest BCUT2D eigenvalue weighted by Crippen LogP contribution is 2.16. The van der Waals surface area contributed by atoms with Crippen molar-refractivity contribution >= 4 is 17.4 Å². The molecule has 0 atom stereocenters.